The lowest BCUT2D eigenvalue weighted by atomic mass is 9.97. The van der Waals surface area contributed by atoms with E-state index in [1.807, 2.05) is 11.8 Å². The van der Waals surface area contributed by atoms with Crippen molar-refractivity contribution in [3.8, 4) is 11.5 Å². The van der Waals surface area contributed by atoms with Gasteiger partial charge in [0, 0.05) is 30.7 Å². The Morgan fingerprint density at radius 2 is 1.80 bits per heavy atom. The van der Waals surface area contributed by atoms with Gasteiger partial charge in [-0.05, 0) is 44.9 Å². The van der Waals surface area contributed by atoms with Crippen LogP contribution >= 0.6 is 0 Å². The van der Waals surface area contributed by atoms with Crippen LogP contribution in [0.4, 0.5) is 5.69 Å². The highest BCUT2D eigenvalue weighted by atomic mass is 32.2. The Kier molecular flexibility index (Phi) is 7.16. The molecule has 0 bridgehead atoms. The summed E-state index contributed by atoms with van der Waals surface area (Å²) in [4.78, 5) is 19.3. The van der Waals surface area contributed by atoms with Crippen molar-refractivity contribution in [2.24, 2.45) is 5.92 Å². The van der Waals surface area contributed by atoms with Gasteiger partial charge in [0.15, 0.2) is 11.5 Å². The third-order valence-corrected chi connectivity index (χ3v) is 8.06. The number of benzene rings is 2. The molecule has 1 aliphatic heterocycles. The van der Waals surface area contributed by atoms with Crippen molar-refractivity contribution in [2.75, 3.05) is 38.8 Å². The van der Waals surface area contributed by atoms with E-state index in [-0.39, 0.29) is 21.7 Å². The van der Waals surface area contributed by atoms with Crippen molar-refractivity contribution in [3.05, 3.63) is 48.2 Å². The molecule has 35 heavy (non-hydrogen) atoms. The van der Waals surface area contributed by atoms with Gasteiger partial charge in [0.1, 0.15) is 4.90 Å². The maximum atomic E-state index is 13.8. The predicted octanol–water partition coefficient (Wildman–Crippen LogP) is 4.17. The fourth-order valence-electron chi connectivity index (χ4n) is 4.49. The first-order valence-electron chi connectivity index (χ1n) is 11.6. The maximum Gasteiger partial charge on any atom is 0.310 e. The number of sulfone groups is 1. The van der Waals surface area contributed by atoms with Crippen LogP contribution in [-0.2, 0) is 19.4 Å². The molecule has 2 aromatic carbocycles. The second-order valence-electron chi connectivity index (χ2n) is 8.55. The molecule has 1 saturated heterocycles. The smallest absolute Gasteiger partial charge is 0.310 e. The van der Waals surface area contributed by atoms with E-state index in [2.05, 4.69) is 4.98 Å². The van der Waals surface area contributed by atoms with Crippen LogP contribution in [-0.4, -0.2) is 53.3 Å². The van der Waals surface area contributed by atoms with Gasteiger partial charge in [-0.15, -0.1) is 0 Å². The highest BCUT2D eigenvalue weighted by Crippen LogP contribution is 2.41. The summed E-state index contributed by atoms with van der Waals surface area (Å²) in [6.07, 6.45) is 2.81. The number of piperidine rings is 1. The number of hydrogen-bond donors (Lipinski definition) is 0. The van der Waals surface area contributed by atoms with Crippen molar-refractivity contribution in [3.63, 3.8) is 0 Å². The molecule has 8 nitrogen and oxygen atoms in total. The molecular formula is C26H30N2O6S. The van der Waals surface area contributed by atoms with Gasteiger partial charge in [0.25, 0.3) is 0 Å². The minimum atomic E-state index is -3.90. The highest BCUT2D eigenvalue weighted by Gasteiger charge is 2.33. The van der Waals surface area contributed by atoms with E-state index in [1.54, 1.807) is 43.3 Å². The van der Waals surface area contributed by atoms with Crippen LogP contribution in [0.25, 0.3) is 10.9 Å². The van der Waals surface area contributed by atoms with Gasteiger partial charge in [-0.3, -0.25) is 9.78 Å². The minimum Gasteiger partial charge on any atom is -0.493 e. The second kappa shape index (κ2) is 10.1. The number of esters is 1. The number of fused-ring (bicyclic) bond motifs is 1. The predicted molar refractivity (Wildman–Crippen MR) is 133 cm³/mol. The molecule has 1 aliphatic rings. The first-order chi connectivity index (χ1) is 16.8. The Morgan fingerprint density at radius 3 is 2.46 bits per heavy atom. The molecule has 1 aromatic heterocycles. The molecule has 9 heteroatoms. The molecule has 4 rings (SSSR count). The lowest BCUT2D eigenvalue weighted by Crippen LogP contribution is -2.40. The van der Waals surface area contributed by atoms with Crippen LogP contribution in [0.1, 0.15) is 25.3 Å². The summed E-state index contributed by atoms with van der Waals surface area (Å²) in [5.41, 5.74) is 2.04. The van der Waals surface area contributed by atoms with Crippen LogP contribution in [0, 0.1) is 12.8 Å². The number of methoxy groups -OCH3 is 2. The van der Waals surface area contributed by atoms with Crippen LogP contribution in [0.5, 0.6) is 11.5 Å². The fraction of sp³-hybridized carbons (Fsp3) is 0.385. The van der Waals surface area contributed by atoms with Gasteiger partial charge in [0.05, 0.1) is 42.8 Å². The lowest BCUT2D eigenvalue weighted by molar-refractivity contribution is -0.148. The average molecular weight is 499 g/mol. The molecule has 0 amide bonds. The molecule has 1 fully saturated rings. The van der Waals surface area contributed by atoms with Gasteiger partial charge in [-0.2, -0.15) is 0 Å². The molecule has 1 atom stereocenters. The summed E-state index contributed by atoms with van der Waals surface area (Å²) in [5.74, 6) is 0.349. The van der Waals surface area contributed by atoms with Gasteiger partial charge in [-0.25, -0.2) is 8.42 Å². The summed E-state index contributed by atoms with van der Waals surface area (Å²) < 4.78 is 43.9. The SMILES string of the molecule is CCOC(=O)[C@H]1CCCN(c2c(S(=O)(=O)c3ccc(C)cc3)cnc3cc(OC)c(OC)cc23)C1. The van der Waals surface area contributed by atoms with E-state index in [9.17, 15) is 13.2 Å². The van der Waals surface area contributed by atoms with E-state index in [1.165, 1.54) is 20.4 Å². The molecular weight excluding hydrogens is 468 g/mol. The maximum absolute atomic E-state index is 13.8. The zero-order valence-electron chi connectivity index (χ0n) is 20.4. The Hall–Kier alpha value is -3.33. The van der Waals surface area contributed by atoms with Crippen molar-refractivity contribution in [1.82, 2.24) is 4.98 Å². The van der Waals surface area contributed by atoms with E-state index in [4.69, 9.17) is 14.2 Å². The molecule has 0 spiro atoms. The summed E-state index contributed by atoms with van der Waals surface area (Å²) in [7, 11) is -0.837. The van der Waals surface area contributed by atoms with E-state index < -0.39 is 9.84 Å². The standard InChI is InChI=1S/C26H30N2O6S/c1-5-34-26(29)18-7-6-12-28(16-18)25-20-13-22(32-3)23(33-4)14-21(20)27-15-24(25)35(30,31)19-10-8-17(2)9-11-19/h8-11,13-15,18H,5-7,12,16H2,1-4H3/t18-/m0/s1. The normalized spacial score (nSPS) is 16.2. The molecule has 0 N–H and O–H groups in total. The zero-order valence-corrected chi connectivity index (χ0v) is 21.2. The third-order valence-electron chi connectivity index (χ3n) is 6.29. The lowest BCUT2D eigenvalue weighted by Gasteiger charge is -2.35. The third kappa shape index (κ3) is 4.77. The summed E-state index contributed by atoms with van der Waals surface area (Å²) in [6, 6.07) is 10.2. The number of aromatic nitrogens is 1. The van der Waals surface area contributed by atoms with Crippen molar-refractivity contribution < 1.29 is 27.4 Å². The molecule has 0 radical (unpaired) electrons. The Morgan fingerprint density at radius 1 is 1.11 bits per heavy atom. The number of carbonyl (C=O) groups excluding carboxylic acids is 1. The van der Waals surface area contributed by atoms with Gasteiger partial charge in [0.2, 0.25) is 9.84 Å². The Balaban J connectivity index is 1.94. The van der Waals surface area contributed by atoms with E-state index >= 15 is 0 Å². The largest absolute Gasteiger partial charge is 0.493 e. The van der Waals surface area contributed by atoms with Crippen LogP contribution < -0.4 is 14.4 Å². The molecule has 186 valence electrons. The monoisotopic (exact) mass is 498 g/mol. The number of pyridine rings is 1. The number of rotatable bonds is 7. The van der Waals surface area contributed by atoms with Crippen molar-refractivity contribution in [1.29, 1.82) is 0 Å². The van der Waals surface area contributed by atoms with Crippen LogP contribution in [0.3, 0.4) is 0 Å². The molecule has 3 aromatic rings. The van der Waals surface area contributed by atoms with Gasteiger partial charge >= 0.3 is 5.97 Å². The Bertz CT molecular complexity index is 1340. The summed E-state index contributed by atoms with van der Waals surface area (Å²) in [5, 5.41) is 0.611. The topological polar surface area (TPSA) is 95.0 Å². The summed E-state index contributed by atoms with van der Waals surface area (Å²) in [6.45, 7) is 4.93. The second-order valence-corrected chi connectivity index (χ2v) is 10.5. The van der Waals surface area contributed by atoms with E-state index in [0.717, 1.165) is 12.0 Å². The zero-order chi connectivity index (χ0) is 25.2. The average Bonchev–Trinajstić information content (AvgIpc) is 2.87. The first kappa shape index (κ1) is 24.8. The van der Waals surface area contributed by atoms with Gasteiger partial charge in [-0.1, -0.05) is 17.7 Å². The van der Waals surface area contributed by atoms with E-state index in [0.29, 0.717) is 54.2 Å². The number of anilines is 1. The number of aryl methyl sites for hydroxylation is 1. The van der Waals surface area contributed by atoms with Crippen molar-refractivity contribution >= 4 is 32.4 Å². The van der Waals surface area contributed by atoms with Crippen LogP contribution in [0.15, 0.2) is 52.4 Å². The number of ether oxygens (including phenoxy) is 3. The quantitative estimate of drug-likeness (QED) is 0.448. The van der Waals surface area contributed by atoms with Gasteiger partial charge < -0.3 is 19.1 Å². The van der Waals surface area contributed by atoms with Crippen molar-refractivity contribution in [2.45, 2.75) is 36.5 Å². The first-order valence-corrected chi connectivity index (χ1v) is 13.1. The number of hydrogen-bond acceptors (Lipinski definition) is 8. The molecule has 0 saturated carbocycles. The molecule has 2 heterocycles. The van der Waals surface area contributed by atoms with Crippen LogP contribution in [0.2, 0.25) is 0 Å². The number of nitrogens with zero attached hydrogens (tertiary/aromatic N) is 2. The Labute approximate surface area is 205 Å². The number of carbonyl (C=O) groups is 1. The minimum absolute atomic E-state index is 0.0885. The fourth-order valence-corrected chi connectivity index (χ4v) is 5.92. The summed E-state index contributed by atoms with van der Waals surface area (Å²) >= 11 is 0. The highest BCUT2D eigenvalue weighted by molar-refractivity contribution is 7.91. The molecule has 0 aliphatic carbocycles. The molecule has 0 unspecified atom stereocenters.